The van der Waals surface area contributed by atoms with Gasteiger partial charge in [0.15, 0.2) is 0 Å². The summed E-state index contributed by atoms with van der Waals surface area (Å²) in [7, 11) is -1.58. The largest absolute Gasteiger partial charge is 0.471 e. The highest BCUT2D eigenvalue weighted by Gasteiger charge is 2.61. The number of carbonyl (C=O) groups excluding carboxylic acids is 4. The minimum atomic E-state index is -4.16. The Morgan fingerprint density at radius 2 is 1.77 bits per heavy atom. The van der Waals surface area contributed by atoms with Crippen LogP contribution in [0.2, 0.25) is 0 Å². The van der Waals surface area contributed by atoms with Gasteiger partial charge in [0.05, 0.1) is 17.6 Å². The summed E-state index contributed by atoms with van der Waals surface area (Å²) in [6, 6.07) is 5.28. The first-order valence-electron chi connectivity index (χ1n) is 17.9. The van der Waals surface area contributed by atoms with Crippen LogP contribution < -0.4 is 20.1 Å². The van der Waals surface area contributed by atoms with Crippen molar-refractivity contribution in [2.75, 3.05) is 20.6 Å². The van der Waals surface area contributed by atoms with Gasteiger partial charge in [0.25, 0.3) is 5.91 Å². The van der Waals surface area contributed by atoms with E-state index in [0.717, 1.165) is 17.1 Å². The van der Waals surface area contributed by atoms with Crippen molar-refractivity contribution in [2.45, 2.75) is 115 Å². The molecule has 5 rings (SSSR count). The minimum Gasteiger partial charge on any atom is -0.471 e. The number of nitrogens with one attached hydrogen (secondary N) is 3. The van der Waals surface area contributed by atoms with Crippen molar-refractivity contribution in [3.8, 4) is 5.88 Å². The Morgan fingerprint density at radius 1 is 1.08 bits per heavy atom. The van der Waals surface area contributed by atoms with Crippen LogP contribution in [0.4, 0.5) is 4.79 Å². The molecule has 2 aliphatic heterocycles. The molecule has 0 bridgehead atoms. The molecule has 0 unspecified atom stereocenters. The monoisotopic (exact) mass is 741 g/mol. The van der Waals surface area contributed by atoms with Gasteiger partial charge in [-0.2, -0.15) is 12.7 Å². The fraction of sp³-hybridized carbons (Fsp3) is 0.611. The van der Waals surface area contributed by atoms with Gasteiger partial charge in [-0.15, -0.1) is 0 Å². The SMILES string of the molecule is CC(C)c1nc2ccccc2nc1O[C@@H]1C[C@H]2C(=O)N[C@]3(C(=O)NS(=O)(=O)N(C)C)C[C@H]3/C=C\CCCCC[C@H](NC(=O)OC(C)(C)C)C(=O)N2C1. The van der Waals surface area contributed by atoms with E-state index >= 15 is 0 Å². The molecule has 2 aromatic rings. The van der Waals surface area contributed by atoms with Gasteiger partial charge in [0.2, 0.25) is 17.7 Å². The van der Waals surface area contributed by atoms with E-state index in [9.17, 15) is 27.6 Å². The third kappa shape index (κ3) is 9.00. The van der Waals surface area contributed by atoms with Crippen LogP contribution >= 0.6 is 0 Å². The number of fused-ring (bicyclic) bond motifs is 3. The normalized spacial score (nSPS) is 26.4. The molecule has 3 heterocycles. The van der Waals surface area contributed by atoms with Crippen LogP contribution in [-0.2, 0) is 29.3 Å². The fourth-order valence-electron chi connectivity index (χ4n) is 6.53. The highest BCUT2D eigenvalue weighted by Crippen LogP contribution is 2.46. The molecule has 1 aromatic carbocycles. The Bertz CT molecular complexity index is 1830. The fourth-order valence-corrected chi connectivity index (χ4v) is 7.13. The molecule has 284 valence electrons. The molecule has 3 aliphatic rings. The Kier molecular flexibility index (Phi) is 11.5. The molecular formula is C36H51N7O8S. The second-order valence-corrected chi connectivity index (χ2v) is 17.2. The third-order valence-corrected chi connectivity index (χ3v) is 10.8. The van der Waals surface area contributed by atoms with Crippen LogP contribution in [0.3, 0.4) is 0 Å². The van der Waals surface area contributed by atoms with Crippen LogP contribution in [-0.4, -0.2) is 101 Å². The van der Waals surface area contributed by atoms with Crippen molar-refractivity contribution in [3.05, 3.63) is 42.1 Å². The van der Waals surface area contributed by atoms with Crippen LogP contribution in [0.25, 0.3) is 11.0 Å². The van der Waals surface area contributed by atoms with Crippen LogP contribution in [0.5, 0.6) is 5.88 Å². The maximum atomic E-state index is 14.4. The summed E-state index contributed by atoms with van der Waals surface area (Å²) in [5, 5.41) is 5.58. The number of rotatable bonds is 7. The van der Waals surface area contributed by atoms with Crippen molar-refractivity contribution in [1.82, 2.24) is 34.5 Å². The summed E-state index contributed by atoms with van der Waals surface area (Å²) in [6.45, 7) is 9.09. The zero-order valence-corrected chi connectivity index (χ0v) is 31.8. The van der Waals surface area contributed by atoms with Crippen molar-refractivity contribution in [3.63, 3.8) is 0 Å². The van der Waals surface area contributed by atoms with E-state index in [1.165, 1.54) is 19.0 Å². The second kappa shape index (κ2) is 15.3. The first-order valence-corrected chi connectivity index (χ1v) is 19.3. The Morgan fingerprint density at radius 3 is 2.42 bits per heavy atom. The molecule has 5 atom stereocenters. The smallest absolute Gasteiger partial charge is 0.408 e. The number of hydrogen-bond donors (Lipinski definition) is 3. The zero-order valence-electron chi connectivity index (χ0n) is 31.0. The summed E-state index contributed by atoms with van der Waals surface area (Å²) < 4.78 is 40.3. The number of aromatic nitrogens is 2. The molecule has 0 radical (unpaired) electrons. The quantitative estimate of drug-likeness (QED) is 0.355. The first-order chi connectivity index (χ1) is 24.4. The predicted octanol–water partition coefficient (Wildman–Crippen LogP) is 3.31. The zero-order chi connectivity index (χ0) is 38.0. The van der Waals surface area contributed by atoms with E-state index in [1.54, 1.807) is 20.8 Å². The average Bonchev–Trinajstić information content (AvgIpc) is 3.58. The Balaban J connectivity index is 1.49. The Labute approximate surface area is 305 Å². The number of nitrogens with zero attached hydrogens (tertiary/aromatic N) is 4. The summed E-state index contributed by atoms with van der Waals surface area (Å²) in [5.74, 6) is -2.24. The van der Waals surface area contributed by atoms with Crippen molar-refractivity contribution < 1.29 is 37.1 Å². The first kappa shape index (κ1) is 38.9. The van der Waals surface area contributed by atoms with Crippen molar-refractivity contribution in [2.24, 2.45) is 5.92 Å². The molecule has 1 saturated carbocycles. The highest BCUT2D eigenvalue weighted by atomic mass is 32.2. The summed E-state index contributed by atoms with van der Waals surface area (Å²) in [4.78, 5) is 66.3. The van der Waals surface area contributed by atoms with Gasteiger partial charge in [-0.3, -0.25) is 14.4 Å². The lowest BCUT2D eigenvalue weighted by molar-refractivity contribution is -0.141. The van der Waals surface area contributed by atoms with Crippen LogP contribution in [0.1, 0.15) is 91.2 Å². The molecular weight excluding hydrogens is 691 g/mol. The van der Waals surface area contributed by atoms with Crippen LogP contribution in [0, 0.1) is 5.92 Å². The van der Waals surface area contributed by atoms with E-state index in [0.29, 0.717) is 36.0 Å². The second-order valence-electron chi connectivity index (χ2n) is 15.3. The number of carbonyl (C=O) groups is 4. The van der Waals surface area contributed by atoms with Crippen molar-refractivity contribution in [1.29, 1.82) is 0 Å². The van der Waals surface area contributed by atoms with Gasteiger partial charge >= 0.3 is 16.3 Å². The van der Waals surface area contributed by atoms with E-state index < -0.39 is 69.3 Å². The minimum absolute atomic E-state index is 0.0208. The standard InChI is InChI=1S/C36H51N7O8S/c1-22(2)29-31(38-26-17-14-13-16-25(26)37-29)50-24-19-28-30(44)40-36(33(46)41-52(48,49)42(6)7)20-23(36)15-11-9-8-10-12-18-27(32(45)43(28)21-24)39-34(47)51-35(3,4)5/h11,13-17,22-24,27-28H,8-10,12,18-21H2,1-7H3,(H,39,47)(H,40,44)(H,41,46)/b15-11-/t23-,24-,27+,28+,36-/m1/s1. The van der Waals surface area contributed by atoms with Gasteiger partial charge in [-0.05, 0) is 58.6 Å². The third-order valence-electron chi connectivity index (χ3n) is 9.43. The lowest BCUT2D eigenvalue weighted by Gasteiger charge is -2.30. The summed E-state index contributed by atoms with van der Waals surface area (Å²) in [6.07, 6.45) is 5.66. The predicted molar refractivity (Wildman–Crippen MR) is 193 cm³/mol. The molecule has 1 saturated heterocycles. The molecule has 2 fully saturated rings. The molecule has 3 N–H and O–H groups in total. The molecule has 1 aromatic heterocycles. The average molecular weight is 742 g/mol. The topological polar surface area (TPSA) is 189 Å². The van der Waals surface area contributed by atoms with E-state index in [1.807, 2.05) is 50.3 Å². The molecule has 1 aliphatic carbocycles. The number of alkyl carbamates (subject to hydrolysis) is 1. The number of benzene rings is 1. The van der Waals surface area contributed by atoms with E-state index in [-0.39, 0.29) is 31.2 Å². The number of allylic oxidation sites excluding steroid dienone is 1. The van der Waals surface area contributed by atoms with Gasteiger partial charge in [-0.1, -0.05) is 51.0 Å². The summed E-state index contributed by atoms with van der Waals surface area (Å²) >= 11 is 0. The molecule has 16 heteroatoms. The van der Waals surface area contributed by atoms with Crippen LogP contribution in [0.15, 0.2) is 36.4 Å². The lowest BCUT2D eigenvalue weighted by Crippen LogP contribution is -2.58. The molecule has 52 heavy (non-hydrogen) atoms. The number of hydrogen-bond acceptors (Lipinski definition) is 10. The van der Waals surface area contributed by atoms with E-state index in [2.05, 4.69) is 15.4 Å². The molecule has 15 nitrogen and oxygen atoms in total. The molecule has 0 spiro atoms. The number of para-hydroxylation sites is 2. The Hall–Kier alpha value is -4.31. The number of ether oxygens (including phenoxy) is 2. The maximum absolute atomic E-state index is 14.4. The lowest BCUT2D eigenvalue weighted by atomic mass is 10.0. The van der Waals surface area contributed by atoms with E-state index in [4.69, 9.17) is 19.4 Å². The molecule has 4 amide bonds. The van der Waals surface area contributed by atoms with Gasteiger partial charge in [0.1, 0.15) is 35.0 Å². The van der Waals surface area contributed by atoms with Crippen molar-refractivity contribution >= 4 is 45.1 Å². The maximum Gasteiger partial charge on any atom is 0.408 e. The van der Waals surface area contributed by atoms with Gasteiger partial charge in [-0.25, -0.2) is 19.5 Å². The van der Waals surface area contributed by atoms with Gasteiger partial charge < -0.3 is 25.0 Å². The van der Waals surface area contributed by atoms with Gasteiger partial charge in [0, 0.05) is 32.4 Å². The number of amides is 4. The highest BCUT2D eigenvalue weighted by molar-refractivity contribution is 7.87. The summed E-state index contributed by atoms with van der Waals surface area (Å²) in [5.41, 5.74) is -0.407.